The van der Waals surface area contributed by atoms with E-state index in [1.165, 1.54) is 0 Å². The van der Waals surface area contributed by atoms with E-state index in [0.717, 1.165) is 16.4 Å². The second kappa shape index (κ2) is 7.31. The van der Waals surface area contributed by atoms with Gasteiger partial charge in [0.2, 0.25) is 11.8 Å². The fourth-order valence-corrected chi connectivity index (χ4v) is 2.79. The molecule has 2 aromatic carbocycles. The van der Waals surface area contributed by atoms with Gasteiger partial charge in [-0.05, 0) is 12.1 Å². The van der Waals surface area contributed by atoms with Crippen LogP contribution >= 0.6 is 0 Å². The van der Waals surface area contributed by atoms with Gasteiger partial charge in [0.05, 0.1) is 12.8 Å². The van der Waals surface area contributed by atoms with Crippen molar-refractivity contribution in [3.8, 4) is 5.75 Å². The number of furan rings is 1. The standard InChI is InChI=1S/C21H24N2O4/c1-21(2,3)20(25)22-10-9-19(24)23-15-12-17-14(11-18(15)26-4)13-7-5-6-8-16(13)27-17/h5-8,11-12H,9-10H2,1-4H3,(H,22,25)(H,23,24). The highest BCUT2D eigenvalue weighted by Crippen LogP contribution is 2.36. The van der Waals surface area contributed by atoms with Crippen LogP contribution in [0.25, 0.3) is 21.9 Å². The first-order chi connectivity index (χ1) is 12.8. The molecule has 0 saturated carbocycles. The molecule has 0 fully saturated rings. The third kappa shape index (κ3) is 4.05. The fourth-order valence-electron chi connectivity index (χ4n) is 2.79. The number of benzene rings is 2. The smallest absolute Gasteiger partial charge is 0.226 e. The van der Waals surface area contributed by atoms with Crippen LogP contribution in [0.1, 0.15) is 27.2 Å². The number of nitrogens with one attached hydrogen (secondary N) is 2. The van der Waals surface area contributed by atoms with Gasteiger partial charge in [0.25, 0.3) is 0 Å². The van der Waals surface area contributed by atoms with E-state index in [9.17, 15) is 9.59 Å². The number of ether oxygens (including phenoxy) is 1. The van der Waals surface area contributed by atoms with E-state index >= 15 is 0 Å². The summed E-state index contributed by atoms with van der Waals surface area (Å²) in [4.78, 5) is 24.1. The van der Waals surface area contributed by atoms with Crippen LogP contribution in [0.4, 0.5) is 5.69 Å². The molecular formula is C21H24N2O4. The van der Waals surface area contributed by atoms with Crippen LogP contribution in [0.3, 0.4) is 0 Å². The zero-order valence-corrected chi connectivity index (χ0v) is 16.0. The monoisotopic (exact) mass is 368 g/mol. The van der Waals surface area contributed by atoms with Crippen molar-refractivity contribution < 1.29 is 18.7 Å². The molecule has 1 aromatic heterocycles. The van der Waals surface area contributed by atoms with Gasteiger partial charge in [-0.15, -0.1) is 0 Å². The Labute approximate surface area is 157 Å². The SMILES string of the molecule is COc1cc2c(cc1NC(=O)CCNC(=O)C(C)(C)C)oc1ccccc12. The third-order valence-electron chi connectivity index (χ3n) is 4.29. The second-order valence-corrected chi connectivity index (χ2v) is 7.45. The van der Waals surface area contributed by atoms with Gasteiger partial charge in [-0.3, -0.25) is 9.59 Å². The minimum atomic E-state index is -0.480. The number of fused-ring (bicyclic) bond motifs is 3. The minimum Gasteiger partial charge on any atom is -0.495 e. The second-order valence-electron chi connectivity index (χ2n) is 7.45. The van der Waals surface area contributed by atoms with Crippen LogP contribution in [0, 0.1) is 5.41 Å². The largest absolute Gasteiger partial charge is 0.495 e. The Balaban J connectivity index is 1.75. The fraction of sp³-hybridized carbons (Fsp3) is 0.333. The molecule has 6 heteroatoms. The Morgan fingerprint density at radius 1 is 1.07 bits per heavy atom. The number of hydrogen-bond acceptors (Lipinski definition) is 4. The zero-order valence-electron chi connectivity index (χ0n) is 16.0. The van der Waals surface area contributed by atoms with Crippen molar-refractivity contribution in [2.75, 3.05) is 19.0 Å². The summed E-state index contributed by atoms with van der Waals surface area (Å²) < 4.78 is 11.3. The third-order valence-corrected chi connectivity index (χ3v) is 4.29. The van der Waals surface area contributed by atoms with Gasteiger partial charge in [-0.1, -0.05) is 39.0 Å². The van der Waals surface area contributed by atoms with Gasteiger partial charge in [-0.2, -0.15) is 0 Å². The quantitative estimate of drug-likeness (QED) is 0.711. The van der Waals surface area contributed by atoms with Crippen LogP contribution in [-0.2, 0) is 9.59 Å². The topological polar surface area (TPSA) is 80.6 Å². The Hall–Kier alpha value is -3.02. The molecule has 6 nitrogen and oxygen atoms in total. The normalized spacial score (nSPS) is 11.6. The number of rotatable bonds is 5. The molecule has 0 saturated heterocycles. The molecule has 142 valence electrons. The van der Waals surface area contributed by atoms with Gasteiger partial charge in [-0.25, -0.2) is 0 Å². The predicted octanol–water partition coefficient (Wildman–Crippen LogP) is 4.09. The first kappa shape index (κ1) is 18.8. The minimum absolute atomic E-state index is 0.0865. The molecule has 0 aliphatic rings. The first-order valence-corrected chi connectivity index (χ1v) is 8.87. The molecule has 1 heterocycles. The summed E-state index contributed by atoms with van der Waals surface area (Å²) in [6, 6.07) is 11.4. The van der Waals surface area contributed by atoms with Crippen LogP contribution in [-0.4, -0.2) is 25.5 Å². The summed E-state index contributed by atoms with van der Waals surface area (Å²) >= 11 is 0. The van der Waals surface area contributed by atoms with Crippen LogP contribution < -0.4 is 15.4 Å². The Morgan fingerprint density at radius 2 is 1.81 bits per heavy atom. The van der Waals surface area contributed by atoms with Crippen molar-refractivity contribution in [2.24, 2.45) is 5.41 Å². The molecule has 2 amide bonds. The van der Waals surface area contributed by atoms with Crippen molar-refractivity contribution in [3.05, 3.63) is 36.4 Å². The van der Waals surface area contributed by atoms with Gasteiger partial charge >= 0.3 is 0 Å². The van der Waals surface area contributed by atoms with Gasteiger partial charge in [0.1, 0.15) is 16.9 Å². The maximum absolute atomic E-state index is 12.3. The van der Waals surface area contributed by atoms with E-state index in [1.54, 1.807) is 13.2 Å². The van der Waals surface area contributed by atoms with Crippen molar-refractivity contribution in [3.63, 3.8) is 0 Å². The summed E-state index contributed by atoms with van der Waals surface area (Å²) in [5.74, 6) is 0.260. The molecule has 3 rings (SSSR count). The molecule has 0 atom stereocenters. The highest BCUT2D eigenvalue weighted by atomic mass is 16.5. The highest BCUT2D eigenvalue weighted by Gasteiger charge is 2.21. The molecule has 0 radical (unpaired) electrons. The lowest BCUT2D eigenvalue weighted by atomic mass is 9.96. The lowest BCUT2D eigenvalue weighted by molar-refractivity contribution is -0.128. The number of hydrogen-bond donors (Lipinski definition) is 2. The summed E-state index contributed by atoms with van der Waals surface area (Å²) in [6.07, 6.45) is 0.170. The van der Waals surface area contributed by atoms with Crippen molar-refractivity contribution in [1.29, 1.82) is 0 Å². The Morgan fingerprint density at radius 3 is 2.52 bits per heavy atom. The first-order valence-electron chi connectivity index (χ1n) is 8.87. The number of methoxy groups -OCH3 is 1. The lowest BCUT2D eigenvalue weighted by Crippen LogP contribution is -2.36. The average molecular weight is 368 g/mol. The number of amides is 2. The zero-order chi connectivity index (χ0) is 19.6. The maximum atomic E-state index is 12.3. The molecule has 0 spiro atoms. The Kier molecular flexibility index (Phi) is 5.08. The van der Waals surface area contributed by atoms with E-state index in [-0.39, 0.29) is 24.8 Å². The van der Waals surface area contributed by atoms with E-state index < -0.39 is 5.41 Å². The number of anilines is 1. The summed E-state index contributed by atoms with van der Waals surface area (Å²) in [5.41, 5.74) is 1.51. The maximum Gasteiger partial charge on any atom is 0.226 e. The van der Waals surface area contributed by atoms with Gasteiger partial charge < -0.3 is 19.8 Å². The molecular weight excluding hydrogens is 344 g/mol. The molecule has 0 aliphatic heterocycles. The number of para-hydroxylation sites is 1. The molecule has 0 unspecified atom stereocenters. The van der Waals surface area contributed by atoms with Crippen molar-refractivity contribution >= 4 is 39.4 Å². The van der Waals surface area contributed by atoms with E-state index in [0.29, 0.717) is 17.0 Å². The highest BCUT2D eigenvalue weighted by molar-refractivity contribution is 6.07. The predicted molar refractivity (Wildman–Crippen MR) is 106 cm³/mol. The van der Waals surface area contributed by atoms with Crippen LogP contribution in [0.15, 0.2) is 40.8 Å². The molecule has 3 aromatic rings. The average Bonchev–Trinajstić information content (AvgIpc) is 2.97. The van der Waals surface area contributed by atoms with Crippen molar-refractivity contribution in [2.45, 2.75) is 27.2 Å². The lowest BCUT2D eigenvalue weighted by Gasteiger charge is -2.17. The van der Waals surface area contributed by atoms with Gasteiger partial charge in [0, 0.05) is 35.2 Å². The molecule has 2 N–H and O–H groups in total. The van der Waals surface area contributed by atoms with Gasteiger partial charge in [0.15, 0.2) is 0 Å². The summed E-state index contributed by atoms with van der Waals surface area (Å²) in [5, 5.41) is 7.52. The Bertz CT molecular complexity index is 998. The van der Waals surface area contributed by atoms with E-state index in [4.69, 9.17) is 9.15 Å². The summed E-state index contributed by atoms with van der Waals surface area (Å²) in [7, 11) is 1.56. The molecule has 0 bridgehead atoms. The van der Waals surface area contributed by atoms with E-state index in [2.05, 4.69) is 10.6 Å². The number of carbonyl (C=O) groups excluding carboxylic acids is 2. The van der Waals surface area contributed by atoms with Crippen LogP contribution in [0.5, 0.6) is 5.75 Å². The van der Waals surface area contributed by atoms with E-state index in [1.807, 2.05) is 51.1 Å². The van der Waals surface area contributed by atoms with Crippen molar-refractivity contribution in [1.82, 2.24) is 5.32 Å². The van der Waals surface area contributed by atoms with Crippen LogP contribution in [0.2, 0.25) is 0 Å². The summed E-state index contributed by atoms with van der Waals surface area (Å²) in [6.45, 7) is 5.76. The molecule has 27 heavy (non-hydrogen) atoms. The molecule has 0 aliphatic carbocycles. The number of carbonyl (C=O) groups is 2.